The van der Waals surface area contributed by atoms with Gasteiger partial charge in [0.25, 0.3) is 5.91 Å². The minimum absolute atomic E-state index is 0.00539. The molecule has 2 aromatic heterocycles. The Morgan fingerprint density at radius 2 is 2.19 bits per heavy atom. The van der Waals surface area contributed by atoms with Crippen molar-refractivity contribution >= 4 is 52.4 Å². The maximum absolute atomic E-state index is 14.6. The topological polar surface area (TPSA) is 105 Å². The molecule has 164 valence electrons. The lowest BCUT2D eigenvalue weighted by molar-refractivity contribution is 0.0907. The van der Waals surface area contributed by atoms with Crippen molar-refractivity contribution in [3.63, 3.8) is 0 Å². The molecule has 1 atom stereocenters. The number of amides is 1. The molecule has 0 bridgehead atoms. The molecule has 3 aromatic rings. The van der Waals surface area contributed by atoms with Crippen molar-refractivity contribution in [2.75, 3.05) is 26.1 Å². The van der Waals surface area contributed by atoms with Gasteiger partial charge in [0.2, 0.25) is 0 Å². The van der Waals surface area contributed by atoms with Crippen LogP contribution < -0.4 is 10.6 Å². The number of rotatable bonds is 8. The number of hydrogen-bond donors (Lipinski definition) is 3. The number of hydrogen-bond acceptors (Lipinski definition) is 7. The lowest BCUT2D eigenvalue weighted by atomic mass is 10.0. The van der Waals surface area contributed by atoms with Gasteiger partial charge in [-0.1, -0.05) is 11.6 Å². The second kappa shape index (κ2) is 9.58. The van der Waals surface area contributed by atoms with Crippen LogP contribution in [-0.2, 0) is 4.74 Å². The van der Waals surface area contributed by atoms with Crippen LogP contribution in [0, 0.1) is 11.2 Å². The maximum atomic E-state index is 14.6. The van der Waals surface area contributed by atoms with E-state index in [1.807, 2.05) is 0 Å². The van der Waals surface area contributed by atoms with E-state index in [2.05, 4.69) is 20.6 Å². The van der Waals surface area contributed by atoms with Crippen LogP contribution in [0.3, 0.4) is 0 Å². The average molecular weight is 469 g/mol. The number of fused-ring (bicyclic) bond motifs is 1. The second-order valence-electron chi connectivity index (χ2n) is 6.63. The maximum Gasteiger partial charge on any atom is 0.255 e. The number of nitrogens with zero attached hydrogens (tertiary/aromatic N) is 3. The summed E-state index contributed by atoms with van der Waals surface area (Å²) in [6, 6.07) is 2.27. The first-order valence-corrected chi connectivity index (χ1v) is 10.1. The Morgan fingerprint density at radius 1 is 1.45 bits per heavy atom. The third-order valence-electron chi connectivity index (χ3n) is 4.41. The van der Waals surface area contributed by atoms with Crippen molar-refractivity contribution in [1.29, 1.82) is 5.41 Å². The van der Waals surface area contributed by atoms with Gasteiger partial charge in [0.1, 0.15) is 17.0 Å². The predicted molar refractivity (Wildman–Crippen MR) is 117 cm³/mol. The van der Waals surface area contributed by atoms with Crippen molar-refractivity contribution in [3.05, 3.63) is 52.2 Å². The Balaban J connectivity index is 2.08. The van der Waals surface area contributed by atoms with E-state index in [9.17, 15) is 13.1 Å². The minimum Gasteiger partial charge on any atom is -0.387 e. The fourth-order valence-corrected chi connectivity index (χ4v) is 3.60. The van der Waals surface area contributed by atoms with Crippen molar-refractivity contribution < 1.29 is 17.8 Å². The van der Waals surface area contributed by atoms with Gasteiger partial charge in [0.05, 0.1) is 29.6 Å². The predicted octanol–water partition coefficient (Wildman–Crippen LogP) is 3.83. The summed E-state index contributed by atoms with van der Waals surface area (Å²) in [4.78, 5) is 21.2. The molecule has 0 fully saturated rings. The van der Waals surface area contributed by atoms with Gasteiger partial charge in [0.15, 0.2) is 18.0 Å². The van der Waals surface area contributed by atoms with E-state index >= 15 is 0 Å². The first-order valence-electron chi connectivity index (χ1n) is 9.03. The molecule has 0 saturated heterocycles. The highest BCUT2D eigenvalue weighted by Crippen LogP contribution is 2.28. The van der Waals surface area contributed by atoms with Gasteiger partial charge >= 0.3 is 0 Å². The van der Waals surface area contributed by atoms with Gasteiger partial charge in [-0.3, -0.25) is 10.2 Å². The van der Waals surface area contributed by atoms with Crippen molar-refractivity contribution in [1.82, 2.24) is 19.3 Å². The van der Waals surface area contributed by atoms with Crippen molar-refractivity contribution in [2.24, 2.45) is 0 Å². The van der Waals surface area contributed by atoms with Crippen LogP contribution >= 0.6 is 23.9 Å². The number of methoxy groups -OCH3 is 1. The first-order chi connectivity index (χ1) is 14.8. The average Bonchev–Trinajstić information content (AvgIpc) is 3.11. The van der Waals surface area contributed by atoms with Gasteiger partial charge in [-0.2, -0.15) is 0 Å². The molecule has 2 heterocycles. The molecular weight excluding hydrogens is 450 g/mol. The SMILES string of the molecule is CNc1cc(Cl)cc(F)c1C(=N)c1cnc2c(n1)c(C(=O)NC(C)COC)cn2SF. The lowest BCUT2D eigenvalue weighted by Gasteiger charge is -2.13. The van der Waals surface area contributed by atoms with Crippen LogP contribution in [0.5, 0.6) is 0 Å². The number of benzene rings is 1. The number of anilines is 1. The smallest absolute Gasteiger partial charge is 0.255 e. The second-order valence-corrected chi connectivity index (χ2v) is 7.60. The summed E-state index contributed by atoms with van der Waals surface area (Å²) < 4.78 is 34.0. The Kier molecular flexibility index (Phi) is 7.08. The molecule has 0 aliphatic rings. The third kappa shape index (κ3) is 4.63. The molecule has 31 heavy (non-hydrogen) atoms. The molecule has 8 nitrogen and oxygen atoms in total. The van der Waals surface area contributed by atoms with E-state index in [1.54, 1.807) is 14.0 Å². The van der Waals surface area contributed by atoms with Gasteiger partial charge in [-0.25, -0.2) is 18.3 Å². The van der Waals surface area contributed by atoms with E-state index < -0.39 is 11.7 Å². The van der Waals surface area contributed by atoms with E-state index in [4.69, 9.17) is 21.7 Å². The minimum atomic E-state index is -0.716. The highest BCUT2D eigenvalue weighted by molar-refractivity contribution is 7.92. The van der Waals surface area contributed by atoms with Gasteiger partial charge in [-0.15, -0.1) is 3.89 Å². The Morgan fingerprint density at radius 3 is 2.84 bits per heavy atom. The first kappa shape index (κ1) is 22.9. The Hall–Kier alpha value is -2.76. The normalized spacial score (nSPS) is 12.1. The molecule has 0 spiro atoms. The van der Waals surface area contributed by atoms with Crippen LogP contribution in [-0.4, -0.2) is 52.4 Å². The summed E-state index contributed by atoms with van der Waals surface area (Å²) >= 11 is 5.75. The van der Waals surface area contributed by atoms with E-state index in [1.165, 1.54) is 25.6 Å². The zero-order valence-electron chi connectivity index (χ0n) is 16.8. The van der Waals surface area contributed by atoms with Gasteiger partial charge in [-0.05, 0) is 19.1 Å². The summed E-state index contributed by atoms with van der Waals surface area (Å²) in [5.41, 5.74) is 0.211. The molecule has 0 saturated carbocycles. The van der Waals surface area contributed by atoms with E-state index in [-0.39, 0.29) is 63.7 Å². The number of carbonyl (C=O) groups is 1. The summed E-state index contributed by atoms with van der Waals surface area (Å²) in [7, 11) is 3.08. The van der Waals surface area contributed by atoms with Crippen molar-refractivity contribution in [3.8, 4) is 0 Å². The Bertz CT molecular complexity index is 1160. The number of halogens is 3. The highest BCUT2D eigenvalue weighted by Gasteiger charge is 2.23. The summed E-state index contributed by atoms with van der Waals surface area (Å²) in [5, 5.41) is 14.2. The monoisotopic (exact) mass is 468 g/mol. The standard InChI is InChI=1S/C19H19ClF2N6O2S/c1-9(8-30-3)26-19(29)11-7-28(31-22)18-17(11)27-14(6-25-18)16(23)15-12(21)4-10(20)5-13(15)24-2/h4-7,9,23-24H,8H2,1-3H3,(H,26,29). The molecule has 1 unspecified atom stereocenters. The number of aromatic nitrogens is 3. The van der Waals surface area contributed by atoms with Gasteiger partial charge < -0.3 is 15.4 Å². The molecule has 0 radical (unpaired) electrons. The molecule has 0 aliphatic carbocycles. The molecule has 12 heteroatoms. The zero-order chi connectivity index (χ0) is 22.7. The lowest BCUT2D eigenvalue weighted by Crippen LogP contribution is -2.35. The fourth-order valence-electron chi connectivity index (χ4n) is 3.05. The van der Waals surface area contributed by atoms with Crippen molar-refractivity contribution in [2.45, 2.75) is 13.0 Å². The van der Waals surface area contributed by atoms with Crippen LogP contribution in [0.4, 0.5) is 14.0 Å². The number of nitrogens with one attached hydrogen (secondary N) is 3. The molecular formula is C19H19ClF2N6O2S. The largest absolute Gasteiger partial charge is 0.387 e. The number of carbonyl (C=O) groups excluding carboxylic acids is 1. The van der Waals surface area contributed by atoms with Crippen LogP contribution in [0.15, 0.2) is 24.5 Å². The quantitative estimate of drug-likeness (QED) is 0.434. The molecule has 0 aliphatic heterocycles. The molecule has 3 N–H and O–H groups in total. The number of ether oxygens (including phenoxy) is 1. The third-order valence-corrected chi connectivity index (χ3v) is 5.05. The highest BCUT2D eigenvalue weighted by atomic mass is 35.5. The summed E-state index contributed by atoms with van der Waals surface area (Å²) in [6.07, 6.45) is 2.49. The van der Waals surface area contributed by atoms with Crippen LogP contribution in [0.2, 0.25) is 5.02 Å². The molecule has 1 aromatic carbocycles. The summed E-state index contributed by atoms with van der Waals surface area (Å²) in [5.74, 6) is -1.22. The van der Waals surface area contributed by atoms with Gasteiger partial charge in [0, 0.05) is 37.1 Å². The van der Waals surface area contributed by atoms with E-state index in [0.29, 0.717) is 5.69 Å². The van der Waals surface area contributed by atoms with Crippen LogP contribution in [0.25, 0.3) is 11.2 Å². The Labute approximate surface area is 186 Å². The molecule has 1 amide bonds. The van der Waals surface area contributed by atoms with Crippen LogP contribution in [0.1, 0.15) is 28.5 Å². The zero-order valence-corrected chi connectivity index (χ0v) is 18.4. The molecule has 3 rings (SSSR count). The summed E-state index contributed by atoms with van der Waals surface area (Å²) in [6.45, 7) is 2.03. The fraction of sp³-hybridized carbons (Fsp3) is 0.263. The van der Waals surface area contributed by atoms with E-state index in [0.717, 1.165) is 10.0 Å².